The minimum absolute atomic E-state index is 0.635. The first-order valence-electron chi connectivity index (χ1n) is 15.2. The van der Waals surface area contributed by atoms with Gasteiger partial charge in [-0.3, -0.25) is 4.90 Å². The van der Waals surface area contributed by atoms with Crippen LogP contribution in [0.5, 0.6) is 11.5 Å². The van der Waals surface area contributed by atoms with Crippen molar-refractivity contribution in [1.82, 2.24) is 9.88 Å². The van der Waals surface area contributed by atoms with Crippen LogP contribution in [0.4, 0.5) is 22.9 Å². The number of nitrogens with zero attached hydrogens (tertiary/aromatic N) is 4. The van der Waals surface area contributed by atoms with Crippen LogP contribution in [0.2, 0.25) is 0 Å². The molecule has 1 aliphatic rings. The van der Waals surface area contributed by atoms with Crippen molar-refractivity contribution in [2.24, 2.45) is 0 Å². The molecule has 3 aromatic heterocycles. The Kier molecular flexibility index (Phi) is 5.96. The number of hydrogen-bond donors (Lipinski definition) is 0. The lowest BCUT2D eigenvalue weighted by atomic mass is 10.1. The second-order valence-corrected chi connectivity index (χ2v) is 11.5. The third kappa shape index (κ3) is 4.32. The molecule has 9 rings (SSSR count). The first-order chi connectivity index (χ1) is 22.7. The van der Waals surface area contributed by atoms with Gasteiger partial charge in [0.1, 0.15) is 39.6 Å². The number of anilines is 4. The van der Waals surface area contributed by atoms with E-state index in [9.17, 15) is 0 Å². The fourth-order valence-corrected chi connectivity index (χ4v) is 6.37. The van der Waals surface area contributed by atoms with Crippen molar-refractivity contribution in [1.29, 1.82) is 0 Å². The van der Waals surface area contributed by atoms with Gasteiger partial charge in [-0.1, -0.05) is 60.7 Å². The Bertz CT molecular complexity index is 2370. The summed E-state index contributed by atoms with van der Waals surface area (Å²) in [5, 5.41) is 3.92. The van der Waals surface area contributed by atoms with E-state index in [-0.39, 0.29) is 0 Å². The topological polar surface area (TPSA) is 58.1 Å². The van der Waals surface area contributed by atoms with E-state index in [1.807, 2.05) is 85.1 Å². The summed E-state index contributed by atoms with van der Waals surface area (Å²) >= 11 is 0. The Labute approximate surface area is 264 Å². The van der Waals surface area contributed by atoms with Crippen LogP contribution < -0.4 is 14.5 Å². The SMILES string of the molecule is CN1C=CN(c2cc(Oc3cc(N(c4ccccc4)c4ccccn4)c4c(c3)oc3ccccc34)c3c(c2)oc2ccccc23)C1. The van der Waals surface area contributed by atoms with E-state index in [1.165, 1.54) is 0 Å². The predicted octanol–water partition coefficient (Wildman–Crippen LogP) is 10.3. The van der Waals surface area contributed by atoms with E-state index in [4.69, 9.17) is 18.6 Å². The van der Waals surface area contributed by atoms with Crippen molar-refractivity contribution >= 4 is 66.8 Å². The van der Waals surface area contributed by atoms with Gasteiger partial charge in [0.25, 0.3) is 0 Å². The molecule has 7 heteroatoms. The molecule has 222 valence electrons. The average molecular weight is 601 g/mol. The molecular weight excluding hydrogens is 572 g/mol. The van der Waals surface area contributed by atoms with Gasteiger partial charge >= 0.3 is 0 Å². The lowest BCUT2D eigenvalue weighted by molar-refractivity contribution is 0.485. The van der Waals surface area contributed by atoms with E-state index in [0.717, 1.165) is 73.4 Å². The Hall–Kier alpha value is -6.21. The van der Waals surface area contributed by atoms with Crippen LogP contribution in [0.25, 0.3) is 43.9 Å². The minimum atomic E-state index is 0.635. The average Bonchev–Trinajstić information content (AvgIpc) is 3.80. The number of furan rings is 2. The van der Waals surface area contributed by atoms with Gasteiger partial charge < -0.3 is 23.4 Å². The maximum atomic E-state index is 6.92. The number of aromatic nitrogens is 1. The molecule has 0 N–H and O–H groups in total. The number of rotatable bonds is 6. The highest BCUT2D eigenvalue weighted by Crippen LogP contribution is 2.47. The summed E-state index contributed by atoms with van der Waals surface area (Å²) in [6, 6.07) is 40.6. The smallest absolute Gasteiger partial charge is 0.141 e. The van der Waals surface area contributed by atoms with Crippen molar-refractivity contribution in [3.05, 3.63) is 140 Å². The van der Waals surface area contributed by atoms with Crippen LogP contribution in [-0.2, 0) is 0 Å². The zero-order chi connectivity index (χ0) is 30.6. The van der Waals surface area contributed by atoms with E-state index >= 15 is 0 Å². The van der Waals surface area contributed by atoms with E-state index in [0.29, 0.717) is 11.5 Å². The van der Waals surface area contributed by atoms with Gasteiger partial charge in [-0.2, -0.15) is 0 Å². The highest BCUT2D eigenvalue weighted by molar-refractivity contribution is 6.14. The summed E-state index contributed by atoms with van der Waals surface area (Å²) in [4.78, 5) is 11.2. The van der Waals surface area contributed by atoms with E-state index in [2.05, 4.69) is 76.6 Å². The van der Waals surface area contributed by atoms with Gasteiger partial charge in [-0.05, 0) is 36.4 Å². The van der Waals surface area contributed by atoms with Gasteiger partial charge in [0.15, 0.2) is 0 Å². The third-order valence-corrected chi connectivity index (χ3v) is 8.43. The van der Waals surface area contributed by atoms with Crippen LogP contribution in [-0.4, -0.2) is 23.6 Å². The maximum Gasteiger partial charge on any atom is 0.141 e. The molecule has 5 aromatic carbocycles. The summed E-state index contributed by atoms with van der Waals surface area (Å²) in [6.45, 7) is 0.733. The molecule has 8 aromatic rings. The summed E-state index contributed by atoms with van der Waals surface area (Å²) in [5.41, 5.74) is 5.95. The van der Waals surface area contributed by atoms with Crippen molar-refractivity contribution in [3.8, 4) is 11.5 Å². The van der Waals surface area contributed by atoms with Crippen LogP contribution in [0.1, 0.15) is 0 Å². The van der Waals surface area contributed by atoms with Crippen molar-refractivity contribution in [2.45, 2.75) is 0 Å². The zero-order valence-corrected chi connectivity index (χ0v) is 25.0. The Morgan fingerprint density at radius 2 is 1.37 bits per heavy atom. The lowest BCUT2D eigenvalue weighted by Crippen LogP contribution is -2.21. The standard InChI is InChI=1S/C39H28N4O3/c1-41-19-20-42(25-41)27-21-34(39-30-14-6-8-16-33(30)45-35(39)22-27)44-28-23-31(38-29-13-5-7-15-32(29)46-36(38)24-28)43(26-11-3-2-4-12-26)37-17-9-10-18-40-37/h2-24H,25H2,1H3. The molecule has 0 bridgehead atoms. The number of hydrogen-bond acceptors (Lipinski definition) is 7. The Balaban J connectivity index is 1.29. The second-order valence-electron chi connectivity index (χ2n) is 11.5. The van der Waals surface area contributed by atoms with Gasteiger partial charge in [-0.25, -0.2) is 4.98 Å². The van der Waals surface area contributed by atoms with Crippen LogP contribution in [0, 0.1) is 0 Å². The third-order valence-electron chi connectivity index (χ3n) is 8.43. The van der Waals surface area contributed by atoms with Crippen molar-refractivity contribution in [3.63, 3.8) is 0 Å². The summed E-state index contributed by atoms with van der Waals surface area (Å²) in [7, 11) is 2.05. The molecule has 0 unspecified atom stereocenters. The fourth-order valence-electron chi connectivity index (χ4n) is 6.37. The lowest BCUT2D eigenvalue weighted by Gasteiger charge is -2.25. The molecule has 0 saturated carbocycles. The molecule has 1 aliphatic heterocycles. The molecule has 0 atom stereocenters. The van der Waals surface area contributed by atoms with Crippen LogP contribution in [0.3, 0.4) is 0 Å². The molecular formula is C39H28N4O3. The monoisotopic (exact) mass is 600 g/mol. The molecule has 0 fully saturated rings. The first kappa shape index (κ1) is 26.2. The van der Waals surface area contributed by atoms with Crippen molar-refractivity contribution < 1.29 is 13.6 Å². The van der Waals surface area contributed by atoms with Gasteiger partial charge in [0, 0.05) is 72.1 Å². The molecule has 0 amide bonds. The van der Waals surface area contributed by atoms with E-state index in [1.54, 1.807) is 0 Å². The first-order valence-corrected chi connectivity index (χ1v) is 15.2. The molecule has 0 aliphatic carbocycles. The number of benzene rings is 5. The number of para-hydroxylation sites is 3. The Morgan fingerprint density at radius 1 is 0.674 bits per heavy atom. The number of ether oxygens (including phenoxy) is 1. The molecule has 7 nitrogen and oxygen atoms in total. The van der Waals surface area contributed by atoms with Crippen LogP contribution >= 0.6 is 0 Å². The largest absolute Gasteiger partial charge is 0.456 e. The molecule has 0 saturated heterocycles. The summed E-state index contributed by atoms with van der Waals surface area (Å²) in [5.74, 6) is 2.12. The van der Waals surface area contributed by atoms with Gasteiger partial charge in [-0.15, -0.1) is 0 Å². The maximum absolute atomic E-state index is 6.92. The molecule has 46 heavy (non-hydrogen) atoms. The quantitative estimate of drug-likeness (QED) is 0.188. The minimum Gasteiger partial charge on any atom is -0.456 e. The fraction of sp³-hybridized carbons (Fsp3) is 0.0513. The highest BCUT2D eigenvalue weighted by atomic mass is 16.5. The molecule has 0 spiro atoms. The molecule has 4 heterocycles. The zero-order valence-electron chi connectivity index (χ0n) is 25.0. The summed E-state index contributed by atoms with van der Waals surface area (Å²) < 4.78 is 19.8. The number of fused-ring (bicyclic) bond motifs is 6. The van der Waals surface area contributed by atoms with E-state index < -0.39 is 0 Å². The van der Waals surface area contributed by atoms with Gasteiger partial charge in [0.05, 0.1) is 23.1 Å². The predicted molar refractivity (Wildman–Crippen MR) is 184 cm³/mol. The molecule has 0 radical (unpaired) electrons. The van der Waals surface area contributed by atoms with Crippen molar-refractivity contribution in [2.75, 3.05) is 23.5 Å². The normalized spacial score (nSPS) is 13.1. The number of pyridine rings is 1. The highest BCUT2D eigenvalue weighted by Gasteiger charge is 2.23. The van der Waals surface area contributed by atoms with Gasteiger partial charge in [0.2, 0.25) is 0 Å². The second kappa shape index (κ2) is 10.5. The van der Waals surface area contributed by atoms with Crippen LogP contribution in [0.15, 0.2) is 149 Å². The Morgan fingerprint density at radius 3 is 2.09 bits per heavy atom. The summed E-state index contributed by atoms with van der Waals surface area (Å²) in [6.07, 6.45) is 5.93.